The average molecular weight is 373 g/mol. The van der Waals surface area contributed by atoms with E-state index in [1.165, 1.54) is 0 Å². The minimum atomic E-state index is -0.741. The topological polar surface area (TPSA) is 55.4 Å². The van der Waals surface area contributed by atoms with E-state index >= 15 is 0 Å². The molecule has 0 saturated heterocycles. The number of carbonyl (C=O) groups excluding carboxylic acids is 2. The van der Waals surface area contributed by atoms with Gasteiger partial charge in [0.05, 0.1) is 6.61 Å². The lowest BCUT2D eigenvalue weighted by Gasteiger charge is -2.18. The summed E-state index contributed by atoms with van der Waals surface area (Å²) in [5, 5.41) is 2.80. The van der Waals surface area contributed by atoms with Gasteiger partial charge in [0, 0.05) is 12.0 Å². The van der Waals surface area contributed by atoms with Crippen molar-refractivity contribution >= 4 is 11.9 Å². The minimum Gasteiger partial charge on any atom is -0.464 e. The molecule has 1 unspecified atom stereocenters. The molecular formula is C24H23NO3. The summed E-state index contributed by atoms with van der Waals surface area (Å²) in [6.07, 6.45) is 0.368. The number of nitrogens with one attached hydrogen (secondary N) is 1. The van der Waals surface area contributed by atoms with E-state index in [0.29, 0.717) is 12.0 Å². The van der Waals surface area contributed by atoms with E-state index in [2.05, 4.69) is 17.4 Å². The van der Waals surface area contributed by atoms with Crippen molar-refractivity contribution in [3.05, 3.63) is 96.1 Å². The fourth-order valence-corrected chi connectivity index (χ4v) is 2.97. The number of esters is 1. The lowest BCUT2D eigenvalue weighted by atomic mass is 10.0. The van der Waals surface area contributed by atoms with Gasteiger partial charge in [-0.2, -0.15) is 0 Å². The quantitative estimate of drug-likeness (QED) is 0.630. The molecule has 3 aromatic rings. The molecule has 4 nitrogen and oxygen atoms in total. The highest BCUT2D eigenvalue weighted by molar-refractivity contribution is 5.96. The molecule has 0 aliphatic heterocycles. The molecule has 1 N–H and O–H groups in total. The molecule has 1 atom stereocenters. The van der Waals surface area contributed by atoms with Crippen LogP contribution < -0.4 is 5.32 Å². The van der Waals surface area contributed by atoms with Crippen LogP contribution >= 0.6 is 0 Å². The van der Waals surface area contributed by atoms with Crippen LogP contribution in [-0.4, -0.2) is 24.5 Å². The van der Waals surface area contributed by atoms with Crippen molar-refractivity contribution in [2.24, 2.45) is 0 Å². The summed E-state index contributed by atoms with van der Waals surface area (Å²) in [7, 11) is 0. The van der Waals surface area contributed by atoms with Crippen molar-refractivity contribution in [3.8, 4) is 11.1 Å². The Hall–Kier alpha value is -3.40. The van der Waals surface area contributed by atoms with Crippen molar-refractivity contribution in [3.63, 3.8) is 0 Å². The Kier molecular flexibility index (Phi) is 6.58. The Morgan fingerprint density at radius 1 is 0.821 bits per heavy atom. The molecular weight excluding hydrogens is 350 g/mol. The summed E-state index contributed by atoms with van der Waals surface area (Å²) in [5.74, 6) is -0.724. The molecule has 1 amide bonds. The first-order valence-corrected chi connectivity index (χ1v) is 9.34. The van der Waals surface area contributed by atoms with Crippen molar-refractivity contribution < 1.29 is 14.3 Å². The fraction of sp³-hybridized carbons (Fsp3) is 0.167. The predicted octanol–water partition coefficient (Wildman–Crippen LogP) is 4.26. The molecule has 0 aliphatic rings. The first-order valence-electron chi connectivity index (χ1n) is 9.34. The number of carbonyl (C=O) groups is 2. The Morgan fingerprint density at radius 3 is 2.00 bits per heavy atom. The van der Waals surface area contributed by atoms with E-state index in [9.17, 15) is 9.59 Å². The SMILES string of the molecule is CCOC(=O)C(Cc1ccc(-c2ccccc2)cc1)NC(=O)c1ccccc1. The summed E-state index contributed by atoms with van der Waals surface area (Å²) >= 11 is 0. The maximum absolute atomic E-state index is 12.5. The van der Waals surface area contributed by atoms with Crippen LogP contribution in [0.3, 0.4) is 0 Å². The Bertz CT molecular complexity index is 906. The van der Waals surface area contributed by atoms with Crippen LogP contribution in [0.15, 0.2) is 84.9 Å². The Labute approximate surface area is 165 Å². The molecule has 28 heavy (non-hydrogen) atoms. The van der Waals surface area contributed by atoms with Crippen molar-refractivity contribution in [2.75, 3.05) is 6.61 Å². The molecule has 0 aliphatic carbocycles. The van der Waals surface area contributed by atoms with Crippen molar-refractivity contribution in [2.45, 2.75) is 19.4 Å². The smallest absolute Gasteiger partial charge is 0.328 e. The zero-order chi connectivity index (χ0) is 19.8. The molecule has 3 rings (SSSR count). The minimum absolute atomic E-state index is 0.267. The van der Waals surface area contributed by atoms with Gasteiger partial charge in [0.2, 0.25) is 0 Å². The highest BCUT2D eigenvalue weighted by Gasteiger charge is 2.23. The molecule has 0 aromatic heterocycles. The summed E-state index contributed by atoms with van der Waals surface area (Å²) in [6, 6.07) is 26.2. The summed E-state index contributed by atoms with van der Waals surface area (Å²) in [5.41, 5.74) is 3.70. The van der Waals surface area contributed by atoms with Crippen LogP contribution in [0.4, 0.5) is 0 Å². The van der Waals surface area contributed by atoms with E-state index in [4.69, 9.17) is 4.74 Å². The van der Waals surface area contributed by atoms with Crippen molar-refractivity contribution in [1.29, 1.82) is 0 Å². The van der Waals surface area contributed by atoms with Gasteiger partial charge >= 0.3 is 5.97 Å². The second-order valence-corrected chi connectivity index (χ2v) is 6.41. The van der Waals surface area contributed by atoms with Crippen LogP contribution in [-0.2, 0) is 16.0 Å². The van der Waals surface area contributed by atoms with Crippen LogP contribution in [0.1, 0.15) is 22.8 Å². The molecule has 0 spiro atoms. The number of amides is 1. The summed E-state index contributed by atoms with van der Waals surface area (Å²) in [4.78, 5) is 24.8. The van der Waals surface area contributed by atoms with Gasteiger partial charge in [-0.1, -0.05) is 72.8 Å². The molecule has 0 saturated carbocycles. The Morgan fingerprint density at radius 2 is 1.39 bits per heavy atom. The maximum Gasteiger partial charge on any atom is 0.328 e. The van der Waals surface area contributed by atoms with E-state index in [-0.39, 0.29) is 12.5 Å². The first kappa shape index (κ1) is 19.4. The third kappa shape index (κ3) is 5.07. The van der Waals surface area contributed by atoms with Gasteiger partial charge in [0.1, 0.15) is 6.04 Å². The number of hydrogen-bond donors (Lipinski definition) is 1. The third-order valence-electron chi connectivity index (χ3n) is 4.41. The third-order valence-corrected chi connectivity index (χ3v) is 4.41. The zero-order valence-corrected chi connectivity index (χ0v) is 15.8. The van der Waals surface area contributed by atoms with E-state index in [1.807, 2.05) is 48.5 Å². The molecule has 0 fully saturated rings. The Balaban J connectivity index is 1.74. The van der Waals surface area contributed by atoms with Crippen LogP contribution in [0, 0.1) is 0 Å². The van der Waals surface area contributed by atoms with E-state index < -0.39 is 12.0 Å². The number of benzene rings is 3. The van der Waals surface area contributed by atoms with Crippen LogP contribution in [0.2, 0.25) is 0 Å². The average Bonchev–Trinajstić information content (AvgIpc) is 2.75. The lowest BCUT2D eigenvalue weighted by Crippen LogP contribution is -2.43. The molecule has 4 heteroatoms. The summed E-state index contributed by atoms with van der Waals surface area (Å²) in [6.45, 7) is 2.02. The summed E-state index contributed by atoms with van der Waals surface area (Å²) < 4.78 is 5.15. The van der Waals surface area contributed by atoms with Gasteiger partial charge in [-0.3, -0.25) is 4.79 Å². The molecule has 142 valence electrons. The van der Waals surface area contributed by atoms with Crippen LogP contribution in [0.25, 0.3) is 11.1 Å². The largest absolute Gasteiger partial charge is 0.464 e. The lowest BCUT2D eigenvalue weighted by molar-refractivity contribution is -0.145. The van der Waals surface area contributed by atoms with E-state index in [0.717, 1.165) is 16.7 Å². The van der Waals surface area contributed by atoms with Gasteiger partial charge in [0.25, 0.3) is 5.91 Å². The molecule has 0 bridgehead atoms. The van der Waals surface area contributed by atoms with Gasteiger partial charge in [-0.15, -0.1) is 0 Å². The van der Waals surface area contributed by atoms with Crippen molar-refractivity contribution in [1.82, 2.24) is 5.32 Å². The molecule has 3 aromatic carbocycles. The second kappa shape index (κ2) is 9.51. The standard InChI is InChI=1S/C24H23NO3/c1-2-28-24(27)22(25-23(26)21-11-7-4-8-12-21)17-18-13-15-20(16-14-18)19-9-5-3-6-10-19/h3-16,22H,2,17H2,1H3,(H,25,26). The van der Waals surface area contributed by atoms with Crippen LogP contribution in [0.5, 0.6) is 0 Å². The van der Waals surface area contributed by atoms with Gasteiger partial charge in [0.15, 0.2) is 0 Å². The monoisotopic (exact) mass is 373 g/mol. The number of ether oxygens (including phenoxy) is 1. The molecule has 0 heterocycles. The van der Waals surface area contributed by atoms with Gasteiger partial charge in [-0.25, -0.2) is 4.79 Å². The maximum atomic E-state index is 12.5. The van der Waals surface area contributed by atoms with Gasteiger partial charge < -0.3 is 10.1 Å². The zero-order valence-electron chi connectivity index (χ0n) is 15.8. The second-order valence-electron chi connectivity index (χ2n) is 6.41. The molecule has 0 radical (unpaired) electrons. The number of rotatable bonds is 7. The van der Waals surface area contributed by atoms with Gasteiger partial charge in [-0.05, 0) is 35.7 Å². The highest BCUT2D eigenvalue weighted by Crippen LogP contribution is 2.20. The normalized spacial score (nSPS) is 11.5. The first-order chi connectivity index (χ1) is 13.7. The fourth-order valence-electron chi connectivity index (χ4n) is 2.97. The predicted molar refractivity (Wildman–Crippen MR) is 110 cm³/mol. The van der Waals surface area contributed by atoms with E-state index in [1.54, 1.807) is 31.2 Å². The highest BCUT2D eigenvalue weighted by atomic mass is 16.5. The number of hydrogen-bond acceptors (Lipinski definition) is 3.